The Morgan fingerprint density at radius 2 is 2.16 bits per heavy atom. The summed E-state index contributed by atoms with van der Waals surface area (Å²) in [5.74, 6) is -1.11. The van der Waals surface area contributed by atoms with Crippen LogP contribution in [0.4, 0.5) is 10.1 Å². The number of nitrogens with zero attached hydrogens (tertiary/aromatic N) is 4. The van der Waals surface area contributed by atoms with Crippen molar-refractivity contribution in [1.29, 1.82) is 0 Å². The van der Waals surface area contributed by atoms with Crippen LogP contribution in [0.5, 0.6) is 0 Å². The Balaban J connectivity index is 1.54. The van der Waals surface area contributed by atoms with Crippen molar-refractivity contribution in [3.63, 3.8) is 0 Å². The van der Waals surface area contributed by atoms with E-state index >= 15 is 0 Å². The lowest BCUT2D eigenvalue weighted by Gasteiger charge is -2.17. The first-order valence-corrected chi connectivity index (χ1v) is 10.0. The van der Waals surface area contributed by atoms with Crippen molar-refractivity contribution in [3.05, 3.63) is 58.3 Å². The second-order valence-corrected chi connectivity index (χ2v) is 7.63. The van der Waals surface area contributed by atoms with Crippen LogP contribution < -0.4 is 5.32 Å². The van der Waals surface area contributed by atoms with Gasteiger partial charge in [-0.1, -0.05) is 22.9 Å². The quantitative estimate of drug-likeness (QED) is 0.479. The Kier molecular flexibility index (Phi) is 5.69. The van der Waals surface area contributed by atoms with Crippen molar-refractivity contribution in [3.8, 4) is 11.3 Å². The van der Waals surface area contributed by atoms with E-state index in [-0.39, 0.29) is 23.0 Å². The third-order valence-electron chi connectivity index (χ3n) is 5.11. The van der Waals surface area contributed by atoms with Gasteiger partial charge in [0.05, 0.1) is 18.3 Å². The maximum atomic E-state index is 13.5. The molecule has 0 spiro atoms. The van der Waals surface area contributed by atoms with E-state index in [0.29, 0.717) is 24.2 Å². The predicted octanol–water partition coefficient (Wildman–Crippen LogP) is 3.40. The second kappa shape index (κ2) is 8.43. The molecule has 8 nitrogen and oxygen atoms in total. The van der Waals surface area contributed by atoms with Gasteiger partial charge < -0.3 is 10.1 Å². The molecule has 3 aromatic rings. The average molecular weight is 444 g/mol. The largest absolute Gasteiger partial charge is 0.457 e. The highest BCUT2D eigenvalue weighted by Crippen LogP contribution is 2.30. The molecule has 0 saturated carbocycles. The van der Waals surface area contributed by atoms with Crippen LogP contribution in [0.2, 0.25) is 5.15 Å². The van der Waals surface area contributed by atoms with E-state index in [2.05, 4.69) is 20.6 Å². The van der Waals surface area contributed by atoms with Gasteiger partial charge in [-0.2, -0.15) is 0 Å². The summed E-state index contributed by atoms with van der Waals surface area (Å²) in [6.07, 6.45) is 1.19. The molecule has 0 unspecified atom stereocenters. The summed E-state index contributed by atoms with van der Waals surface area (Å²) in [7, 11) is 1.69. The highest BCUT2D eigenvalue weighted by molar-refractivity contribution is 6.30. The maximum absolute atomic E-state index is 13.5. The zero-order valence-corrected chi connectivity index (χ0v) is 17.6. The van der Waals surface area contributed by atoms with Crippen LogP contribution in [0, 0.1) is 5.82 Å². The van der Waals surface area contributed by atoms with Gasteiger partial charge in [-0.15, -0.1) is 5.10 Å². The zero-order valence-electron chi connectivity index (χ0n) is 16.9. The second-order valence-electron chi connectivity index (χ2n) is 7.27. The molecule has 1 atom stereocenters. The van der Waals surface area contributed by atoms with Gasteiger partial charge in [0.1, 0.15) is 22.8 Å². The molecule has 3 heterocycles. The number of anilines is 1. The third kappa shape index (κ3) is 4.41. The summed E-state index contributed by atoms with van der Waals surface area (Å²) in [5.41, 5.74) is 3.97. The summed E-state index contributed by atoms with van der Waals surface area (Å²) < 4.78 is 20.4. The third-order valence-corrected chi connectivity index (χ3v) is 5.42. The number of esters is 1. The fourth-order valence-electron chi connectivity index (χ4n) is 3.49. The molecule has 1 N–H and O–H groups in total. The van der Waals surface area contributed by atoms with Crippen LogP contribution in [0.15, 0.2) is 30.5 Å². The molecule has 1 amide bonds. The molecule has 4 rings (SSSR count). The molecular weight excluding hydrogens is 425 g/mol. The van der Waals surface area contributed by atoms with E-state index in [1.807, 2.05) is 18.2 Å². The SMILES string of the molecule is C[C@@H](OC(=O)Cc1c(-c2ccc3c(c2)CCC(=O)N3)nnn1C)c1cc(F)cnc1Cl. The maximum Gasteiger partial charge on any atom is 0.312 e. The molecule has 0 fully saturated rings. The van der Waals surface area contributed by atoms with Gasteiger partial charge in [0.2, 0.25) is 5.91 Å². The summed E-state index contributed by atoms with van der Waals surface area (Å²) in [4.78, 5) is 27.9. The van der Waals surface area contributed by atoms with Gasteiger partial charge >= 0.3 is 5.97 Å². The minimum absolute atomic E-state index is 0.00842. The lowest BCUT2D eigenvalue weighted by molar-refractivity contribution is -0.147. The van der Waals surface area contributed by atoms with E-state index in [1.165, 1.54) is 10.7 Å². The Morgan fingerprint density at radius 3 is 2.97 bits per heavy atom. The topological polar surface area (TPSA) is 99.0 Å². The summed E-state index contributed by atoms with van der Waals surface area (Å²) in [6, 6.07) is 6.77. The highest BCUT2D eigenvalue weighted by atomic mass is 35.5. The van der Waals surface area contributed by atoms with E-state index in [0.717, 1.165) is 23.0 Å². The fourth-order valence-corrected chi connectivity index (χ4v) is 3.75. The standard InChI is InChI=1S/C21H19ClFN5O3/c1-11(15-8-14(23)10-24-21(15)22)31-19(30)9-17-20(26-27-28(17)2)13-3-5-16-12(7-13)4-6-18(29)25-16/h3,5,7-8,10-11H,4,6,9H2,1-2H3,(H,25,29)/t11-/m1/s1. The number of ether oxygens (including phenoxy) is 1. The molecule has 10 heteroatoms. The molecule has 0 saturated heterocycles. The average Bonchev–Trinajstić information content (AvgIpc) is 3.09. The predicted molar refractivity (Wildman–Crippen MR) is 111 cm³/mol. The molecular formula is C21H19ClFN5O3. The number of carbonyl (C=O) groups is 2. The van der Waals surface area contributed by atoms with Crippen molar-refractivity contribution in [1.82, 2.24) is 20.0 Å². The number of aryl methyl sites for hydroxylation is 2. The first-order valence-electron chi connectivity index (χ1n) is 9.64. The van der Waals surface area contributed by atoms with Crippen LogP contribution >= 0.6 is 11.6 Å². The summed E-state index contributed by atoms with van der Waals surface area (Å²) in [6.45, 7) is 1.60. The molecule has 1 aromatic carbocycles. The first-order chi connectivity index (χ1) is 14.8. The Labute approximate surface area is 182 Å². The smallest absolute Gasteiger partial charge is 0.312 e. The number of amides is 1. The zero-order chi connectivity index (χ0) is 22.1. The fraction of sp³-hybridized carbons (Fsp3) is 0.286. The van der Waals surface area contributed by atoms with E-state index < -0.39 is 17.9 Å². The van der Waals surface area contributed by atoms with Crippen molar-refractivity contribution in [2.24, 2.45) is 7.05 Å². The normalized spacial score (nSPS) is 14.0. The number of carbonyl (C=O) groups excluding carboxylic acids is 2. The van der Waals surface area contributed by atoms with Crippen molar-refractivity contribution < 1.29 is 18.7 Å². The van der Waals surface area contributed by atoms with Crippen LogP contribution in [0.1, 0.15) is 36.3 Å². The van der Waals surface area contributed by atoms with Crippen LogP contribution in [0.25, 0.3) is 11.3 Å². The highest BCUT2D eigenvalue weighted by Gasteiger charge is 2.22. The van der Waals surface area contributed by atoms with Crippen molar-refractivity contribution in [2.75, 3.05) is 5.32 Å². The van der Waals surface area contributed by atoms with Gasteiger partial charge in [0.25, 0.3) is 0 Å². The van der Waals surface area contributed by atoms with E-state index in [1.54, 1.807) is 14.0 Å². The van der Waals surface area contributed by atoms with Crippen molar-refractivity contribution in [2.45, 2.75) is 32.3 Å². The molecule has 0 bridgehead atoms. The Hall–Kier alpha value is -3.33. The van der Waals surface area contributed by atoms with Crippen molar-refractivity contribution >= 4 is 29.2 Å². The number of fused-ring (bicyclic) bond motifs is 1. The number of hydrogen-bond donors (Lipinski definition) is 1. The number of rotatable bonds is 5. The number of benzene rings is 1. The number of halogens is 2. The first kappa shape index (κ1) is 20.9. The van der Waals surface area contributed by atoms with Crippen LogP contribution in [-0.4, -0.2) is 31.9 Å². The van der Waals surface area contributed by atoms with Crippen LogP contribution in [-0.2, 0) is 34.2 Å². The minimum Gasteiger partial charge on any atom is -0.457 e. The van der Waals surface area contributed by atoms with E-state index in [4.69, 9.17) is 16.3 Å². The van der Waals surface area contributed by atoms with Gasteiger partial charge in [-0.25, -0.2) is 9.37 Å². The minimum atomic E-state index is -0.778. The molecule has 0 aliphatic carbocycles. The van der Waals surface area contributed by atoms with Gasteiger partial charge in [-0.05, 0) is 37.1 Å². The monoisotopic (exact) mass is 443 g/mol. The van der Waals surface area contributed by atoms with Gasteiger partial charge in [0.15, 0.2) is 0 Å². The lowest BCUT2D eigenvalue weighted by atomic mass is 9.98. The Morgan fingerprint density at radius 1 is 1.35 bits per heavy atom. The number of aromatic nitrogens is 4. The summed E-state index contributed by atoms with van der Waals surface area (Å²) in [5, 5.41) is 11.2. The Bertz CT molecular complexity index is 1180. The molecule has 1 aliphatic heterocycles. The molecule has 160 valence electrons. The number of nitrogens with one attached hydrogen (secondary N) is 1. The molecule has 0 radical (unpaired) electrons. The molecule has 31 heavy (non-hydrogen) atoms. The van der Waals surface area contributed by atoms with E-state index in [9.17, 15) is 14.0 Å². The van der Waals surface area contributed by atoms with Crippen LogP contribution in [0.3, 0.4) is 0 Å². The number of pyridine rings is 1. The lowest BCUT2D eigenvalue weighted by Crippen LogP contribution is -2.18. The van der Waals surface area contributed by atoms with Gasteiger partial charge in [0, 0.05) is 30.3 Å². The summed E-state index contributed by atoms with van der Waals surface area (Å²) >= 11 is 6.00. The molecule has 1 aliphatic rings. The molecule has 2 aromatic heterocycles. The van der Waals surface area contributed by atoms with Gasteiger partial charge in [-0.3, -0.25) is 14.3 Å². The number of hydrogen-bond acceptors (Lipinski definition) is 6.